The Balaban J connectivity index is 0.00000324. The summed E-state index contributed by atoms with van der Waals surface area (Å²) in [6.07, 6.45) is 2.51. The molecule has 1 heterocycles. The quantitative estimate of drug-likeness (QED) is 0.878. The molecule has 0 radical (unpaired) electrons. The molecule has 1 rings (SSSR count). The highest BCUT2D eigenvalue weighted by atomic mass is 35.5. The fourth-order valence-electron chi connectivity index (χ4n) is 1.94. The summed E-state index contributed by atoms with van der Waals surface area (Å²) in [7, 11) is 1.83. The molecule has 2 N–H and O–H groups in total. The van der Waals surface area contributed by atoms with Crippen LogP contribution in [0.15, 0.2) is 6.07 Å². The summed E-state index contributed by atoms with van der Waals surface area (Å²) in [5.74, 6) is 0.192. The summed E-state index contributed by atoms with van der Waals surface area (Å²) in [6.45, 7) is 6.77. The zero-order valence-corrected chi connectivity index (χ0v) is 13.9. The van der Waals surface area contributed by atoms with E-state index in [1.807, 2.05) is 25.3 Å². The van der Waals surface area contributed by atoms with Crippen LogP contribution in [0, 0.1) is 13.8 Å². The molecular formula is C14H25ClN2OS. The predicted octanol–water partition coefficient (Wildman–Crippen LogP) is 2.92. The Kier molecular flexibility index (Phi) is 8.30. The number of hydrogen-bond acceptors (Lipinski definition) is 3. The standard InChI is InChI=1S/C14H24N2OS.ClH/c1-10(9-15)16(4)14(17)7-5-6-13-8-11(2)18-12(13)3;/h8,10H,5-7,9,15H2,1-4H3;1H. The largest absolute Gasteiger partial charge is 0.342 e. The van der Waals surface area contributed by atoms with Gasteiger partial charge >= 0.3 is 0 Å². The van der Waals surface area contributed by atoms with Crippen molar-refractivity contribution in [2.45, 2.75) is 46.1 Å². The summed E-state index contributed by atoms with van der Waals surface area (Å²) in [4.78, 5) is 16.4. The van der Waals surface area contributed by atoms with E-state index in [0.717, 1.165) is 12.8 Å². The van der Waals surface area contributed by atoms with Gasteiger partial charge in [-0.3, -0.25) is 4.79 Å². The first-order valence-corrected chi connectivity index (χ1v) is 7.29. The third kappa shape index (κ3) is 5.51. The number of thiophene rings is 1. The van der Waals surface area contributed by atoms with Crippen LogP contribution < -0.4 is 5.73 Å². The molecule has 3 nitrogen and oxygen atoms in total. The maximum atomic E-state index is 11.9. The van der Waals surface area contributed by atoms with Gasteiger partial charge in [0.1, 0.15) is 0 Å². The molecule has 0 spiro atoms. The van der Waals surface area contributed by atoms with Gasteiger partial charge in [0.05, 0.1) is 0 Å². The Morgan fingerprint density at radius 2 is 2.11 bits per heavy atom. The summed E-state index contributed by atoms with van der Waals surface area (Å²) in [5.41, 5.74) is 6.95. The van der Waals surface area contributed by atoms with Crippen LogP contribution in [-0.4, -0.2) is 30.4 Å². The fraction of sp³-hybridized carbons (Fsp3) is 0.643. The third-order valence-corrected chi connectivity index (χ3v) is 4.38. The predicted molar refractivity (Wildman–Crippen MR) is 85.3 cm³/mol. The molecule has 0 aliphatic rings. The summed E-state index contributed by atoms with van der Waals surface area (Å²) >= 11 is 1.83. The second-order valence-electron chi connectivity index (χ2n) is 4.88. The Labute approximate surface area is 126 Å². The first-order valence-electron chi connectivity index (χ1n) is 6.47. The Morgan fingerprint density at radius 3 is 2.58 bits per heavy atom. The van der Waals surface area contributed by atoms with Gasteiger partial charge < -0.3 is 10.6 Å². The van der Waals surface area contributed by atoms with Crippen molar-refractivity contribution in [2.75, 3.05) is 13.6 Å². The number of carbonyl (C=O) groups excluding carboxylic acids is 1. The molecule has 0 saturated heterocycles. The molecule has 110 valence electrons. The van der Waals surface area contributed by atoms with Gasteiger partial charge in [0.15, 0.2) is 0 Å². The fourth-order valence-corrected chi connectivity index (χ4v) is 2.92. The van der Waals surface area contributed by atoms with Crippen molar-refractivity contribution in [1.29, 1.82) is 0 Å². The average Bonchev–Trinajstić information content (AvgIpc) is 2.65. The lowest BCUT2D eigenvalue weighted by atomic mass is 10.1. The number of halogens is 1. The van der Waals surface area contributed by atoms with Crippen molar-refractivity contribution >= 4 is 29.7 Å². The Hall–Kier alpha value is -0.580. The van der Waals surface area contributed by atoms with Gasteiger partial charge in [-0.05, 0) is 45.2 Å². The van der Waals surface area contributed by atoms with E-state index in [2.05, 4.69) is 19.9 Å². The molecule has 19 heavy (non-hydrogen) atoms. The van der Waals surface area contributed by atoms with Gasteiger partial charge in [-0.2, -0.15) is 0 Å². The molecule has 0 fully saturated rings. The lowest BCUT2D eigenvalue weighted by Crippen LogP contribution is -2.39. The minimum absolute atomic E-state index is 0. The van der Waals surface area contributed by atoms with Crippen LogP contribution in [0.1, 0.15) is 35.1 Å². The topological polar surface area (TPSA) is 46.3 Å². The molecule has 5 heteroatoms. The first kappa shape index (κ1) is 18.4. The SMILES string of the molecule is Cc1cc(CCCC(=O)N(C)C(C)CN)c(C)s1.Cl. The van der Waals surface area contributed by atoms with Crippen LogP contribution >= 0.6 is 23.7 Å². The van der Waals surface area contributed by atoms with Crippen LogP contribution in [0.2, 0.25) is 0 Å². The van der Waals surface area contributed by atoms with Crippen LogP contribution in [-0.2, 0) is 11.2 Å². The third-order valence-electron chi connectivity index (χ3n) is 3.38. The van der Waals surface area contributed by atoms with Gasteiger partial charge in [-0.1, -0.05) is 0 Å². The Bertz CT molecular complexity index is 406. The zero-order chi connectivity index (χ0) is 13.7. The maximum absolute atomic E-state index is 11.9. The summed E-state index contributed by atoms with van der Waals surface area (Å²) < 4.78 is 0. The van der Waals surface area contributed by atoms with Gasteiger partial charge in [0.25, 0.3) is 0 Å². The number of amides is 1. The van der Waals surface area contributed by atoms with Crippen molar-refractivity contribution < 1.29 is 4.79 Å². The highest BCUT2D eigenvalue weighted by molar-refractivity contribution is 7.12. The van der Waals surface area contributed by atoms with E-state index in [1.54, 1.807) is 4.90 Å². The van der Waals surface area contributed by atoms with E-state index >= 15 is 0 Å². The average molecular weight is 305 g/mol. The molecule has 0 bridgehead atoms. The lowest BCUT2D eigenvalue weighted by Gasteiger charge is -2.23. The molecule has 0 saturated carbocycles. The van der Waals surface area contributed by atoms with Gasteiger partial charge in [0, 0.05) is 35.8 Å². The zero-order valence-electron chi connectivity index (χ0n) is 12.2. The Morgan fingerprint density at radius 1 is 1.47 bits per heavy atom. The number of aryl methyl sites for hydroxylation is 3. The minimum atomic E-state index is 0. The van der Waals surface area contributed by atoms with Gasteiger partial charge in [-0.25, -0.2) is 0 Å². The smallest absolute Gasteiger partial charge is 0.222 e. The number of hydrogen-bond donors (Lipinski definition) is 1. The first-order chi connectivity index (χ1) is 8.45. The van der Waals surface area contributed by atoms with Gasteiger partial charge in [-0.15, -0.1) is 23.7 Å². The van der Waals surface area contributed by atoms with Gasteiger partial charge in [0.2, 0.25) is 5.91 Å². The van der Waals surface area contributed by atoms with Crippen LogP contribution in [0.5, 0.6) is 0 Å². The molecule has 1 unspecified atom stereocenters. The molecule has 0 aliphatic heterocycles. The highest BCUT2D eigenvalue weighted by Crippen LogP contribution is 2.22. The summed E-state index contributed by atoms with van der Waals surface area (Å²) in [5, 5.41) is 0. The molecular weight excluding hydrogens is 280 g/mol. The van der Waals surface area contributed by atoms with Crippen molar-refractivity contribution in [2.24, 2.45) is 5.73 Å². The van der Waals surface area contributed by atoms with E-state index < -0.39 is 0 Å². The van der Waals surface area contributed by atoms with Crippen LogP contribution in [0.4, 0.5) is 0 Å². The molecule has 1 aromatic rings. The number of nitrogens with two attached hydrogens (primary N) is 1. The molecule has 0 aliphatic carbocycles. The lowest BCUT2D eigenvalue weighted by molar-refractivity contribution is -0.131. The van der Waals surface area contributed by atoms with Crippen molar-refractivity contribution in [1.82, 2.24) is 4.90 Å². The highest BCUT2D eigenvalue weighted by Gasteiger charge is 2.14. The molecule has 1 aromatic heterocycles. The monoisotopic (exact) mass is 304 g/mol. The van der Waals surface area contributed by atoms with Crippen molar-refractivity contribution in [3.63, 3.8) is 0 Å². The van der Waals surface area contributed by atoms with Crippen LogP contribution in [0.3, 0.4) is 0 Å². The second kappa shape index (κ2) is 8.56. The normalized spacial score (nSPS) is 11.8. The number of likely N-dealkylation sites (N-methyl/N-ethyl adjacent to an activating group) is 1. The van der Waals surface area contributed by atoms with E-state index in [1.165, 1.54) is 15.3 Å². The van der Waals surface area contributed by atoms with Crippen molar-refractivity contribution in [3.8, 4) is 0 Å². The number of carbonyl (C=O) groups is 1. The molecule has 0 aromatic carbocycles. The van der Waals surface area contributed by atoms with E-state index in [-0.39, 0.29) is 24.4 Å². The van der Waals surface area contributed by atoms with Crippen LogP contribution in [0.25, 0.3) is 0 Å². The van der Waals surface area contributed by atoms with Crippen molar-refractivity contribution in [3.05, 3.63) is 21.4 Å². The number of nitrogens with zero attached hydrogens (tertiary/aromatic N) is 1. The molecule has 1 atom stereocenters. The van der Waals surface area contributed by atoms with E-state index in [9.17, 15) is 4.79 Å². The number of rotatable bonds is 6. The molecule has 1 amide bonds. The maximum Gasteiger partial charge on any atom is 0.222 e. The van der Waals surface area contributed by atoms with E-state index in [0.29, 0.717) is 13.0 Å². The summed E-state index contributed by atoms with van der Waals surface area (Å²) in [6, 6.07) is 2.36. The van der Waals surface area contributed by atoms with E-state index in [4.69, 9.17) is 5.73 Å². The minimum Gasteiger partial charge on any atom is -0.342 e. The second-order valence-corrected chi connectivity index (χ2v) is 6.34.